The second kappa shape index (κ2) is 23.3. The van der Waals surface area contributed by atoms with E-state index in [-0.39, 0.29) is 0 Å². The van der Waals surface area contributed by atoms with Crippen molar-refractivity contribution in [2.75, 3.05) is 6.61 Å². The fraction of sp³-hybridized carbons (Fsp3) is 0.880. The van der Waals surface area contributed by atoms with Crippen molar-refractivity contribution in [3.63, 3.8) is 0 Å². The maximum absolute atomic E-state index is 11.0. The van der Waals surface area contributed by atoms with Crippen molar-refractivity contribution < 1.29 is 14.7 Å². The van der Waals surface area contributed by atoms with Crippen molar-refractivity contribution in [3.8, 4) is 0 Å². The second-order valence-corrected chi connectivity index (χ2v) is 8.37. The van der Waals surface area contributed by atoms with Crippen LogP contribution in [0.4, 0.5) is 0 Å². The lowest BCUT2D eigenvalue weighted by Crippen LogP contribution is -2.16. The van der Waals surface area contributed by atoms with Crippen molar-refractivity contribution in [2.24, 2.45) is 0 Å². The summed E-state index contributed by atoms with van der Waals surface area (Å²) < 4.78 is 0. The van der Waals surface area contributed by atoms with E-state index in [9.17, 15) is 4.79 Å². The highest BCUT2D eigenvalue weighted by Crippen LogP contribution is 2.14. The molecule has 29 heavy (non-hydrogen) atoms. The summed E-state index contributed by atoms with van der Waals surface area (Å²) in [6.07, 6.45) is 25.1. The van der Waals surface area contributed by atoms with Crippen LogP contribution in [0.3, 0.4) is 0 Å². The predicted octanol–water partition coefficient (Wildman–Crippen LogP) is 7.93. The lowest BCUT2D eigenvalue weighted by molar-refractivity contribution is -0.131. The average molecular weight is 412 g/mol. The Kier molecular flexibility index (Phi) is 22.4. The molecule has 0 unspecified atom stereocenters. The minimum Gasteiger partial charge on any atom is -0.478 e. The third kappa shape index (κ3) is 23.1. The van der Waals surface area contributed by atoms with Gasteiger partial charge in [0.2, 0.25) is 0 Å². The Balaban J connectivity index is 3.56. The molecule has 0 spiro atoms. The Morgan fingerprint density at radius 3 is 1.55 bits per heavy atom. The molecule has 0 amide bonds. The van der Waals surface area contributed by atoms with Crippen LogP contribution >= 0.6 is 0 Å². The van der Waals surface area contributed by atoms with Gasteiger partial charge in [0.15, 0.2) is 0 Å². The smallest absolute Gasteiger partial charge is 0.330 e. The highest BCUT2D eigenvalue weighted by Gasteiger charge is 2.02. The van der Waals surface area contributed by atoms with E-state index >= 15 is 0 Å². The molecule has 0 atom stereocenters. The minimum absolute atomic E-state index is 0.638. The molecule has 0 bridgehead atoms. The van der Waals surface area contributed by atoms with Gasteiger partial charge in [-0.25, -0.2) is 4.79 Å². The number of unbranched alkanes of at least 4 members (excludes halogenated alkanes) is 16. The molecule has 0 aromatic carbocycles. The summed E-state index contributed by atoms with van der Waals surface area (Å²) in [5, 5.41) is 9.02. The van der Waals surface area contributed by atoms with Crippen molar-refractivity contribution in [2.45, 2.75) is 136 Å². The van der Waals surface area contributed by atoms with Crippen LogP contribution in [-0.2, 0) is 9.63 Å². The van der Waals surface area contributed by atoms with E-state index in [4.69, 9.17) is 9.94 Å². The lowest BCUT2D eigenvalue weighted by Gasteiger charge is -2.11. The molecule has 0 aliphatic rings. The molecule has 0 aliphatic heterocycles. The molecule has 0 aliphatic carbocycles. The number of allylic oxidation sites excluding steroid dienone is 1. The first-order valence-electron chi connectivity index (χ1n) is 12.5. The number of hydroxylamine groups is 1. The van der Waals surface area contributed by atoms with Gasteiger partial charge in [0, 0.05) is 11.8 Å². The van der Waals surface area contributed by atoms with Crippen LogP contribution in [0.5, 0.6) is 0 Å². The van der Waals surface area contributed by atoms with Crippen LogP contribution < -0.4 is 5.48 Å². The number of hydrogen-bond donors (Lipinski definition) is 2. The minimum atomic E-state index is -0.909. The van der Waals surface area contributed by atoms with Crippen LogP contribution in [0, 0.1) is 0 Å². The highest BCUT2D eigenvalue weighted by molar-refractivity contribution is 5.80. The van der Waals surface area contributed by atoms with Crippen molar-refractivity contribution in [1.82, 2.24) is 5.48 Å². The first-order chi connectivity index (χ1) is 14.2. The molecule has 0 radical (unpaired) electrons. The van der Waals surface area contributed by atoms with E-state index in [1.165, 1.54) is 102 Å². The number of carboxylic acid groups (broad SMARTS) is 1. The average Bonchev–Trinajstić information content (AvgIpc) is 2.70. The maximum Gasteiger partial charge on any atom is 0.330 e. The van der Waals surface area contributed by atoms with Gasteiger partial charge in [-0.2, -0.15) is 0 Å². The zero-order chi connectivity index (χ0) is 21.4. The molecular formula is C25H49NO3. The molecule has 0 saturated heterocycles. The van der Waals surface area contributed by atoms with Gasteiger partial charge in [0.05, 0.1) is 6.61 Å². The summed E-state index contributed by atoms with van der Waals surface area (Å²) in [6, 6.07) is 0. The van der Waals surface area contributed by atoms with Crippen LogP contribution in [0.15, 0.2) is 11.8 Å². The summed E-state index contributed by atoms with van der Waals surface area (Å²) >= 11 is 0. The SMILES string of the molecule is CCCCCCCCCCCCCCCC(=CC(=O)O)NOCCCCCCC. The molecule has 0 fully saturated rings. The predicted molar refractivity (Wildman–Crippen MR) is 124 cm³/mol. The molecule has 0 saturated carbocycles. The van der Waals surface area contributed by atoms with Gasteiger partial charge in [-0.05, 0) is 19.3 Å². The van der Waals surface area contributed by atoms with Gasteiger partial charge >= 0.3 is 5.97 Å². The van der Waals surface area contributed by atoms with Crippen LogP contribution in [0.1, 0.15) is 136 Å². The summed E-state index contributed by atoms with van der Waals surface area (Å²) in [4.78, 5) is 16.4. The Morgan fingerprint density at radius 1 is 0.690 bits per heavy atom. The standard InChI is InChI=1S/C25H49NO3/c1-3-5-7-9-10-11-12-13-14-15-16-17-19-21-24(23-25(27)28)26-29-22-20-18-8-6-4-2/h23,26H,3-22H2,1-2H3,(H,27,28). The summed E-state index contributed by atoms with van der Waals surface area (Å²) in [6.45, 7) is 5.11. The fourth-order valence-corrected chi connectivity index (χ4v) is 3.56. The number of aliphatic carboxylic acids is 1. The summed E-state index contributed by atoms with van der Waals surface area (Å²) in [5.41, 5.74) is 3.55. The molecular weight excluding hydrogens is 362 g/mol. The summed E-state index contributed by atoms with van der Waals surface area (Å²) in [5.74, 6) is -0.909. The van der Waals surface area contributed by atoms with Gasteiger partial charge in [-0.1, -0.05) is 117 Å². The lowest BCUT2D eigenvalue weighted by atomic mass is 10.0. The van der Waals surface area contributed by atoms with E-state index in [1.54, 1.807) is 0 Å². The molecule has 2 N–H and O–H groups in total. The van der Waals surface area contributed by atoms with Crippen LogP contribution in [0.25, 0.3) is 0 Å². The van der Waals surface area contributed by atoms with Gasteiger partial charge in [0.25, 0.3) is 0 Å². The van der Waals surface area contributed by atoms with E-state index in [1.807, 2.05) is 0 Å². The topological polar surface area (TPSA) is 58.6 Å². The van der Waals surface area contributed by atoms with Crippen molar-refractivity contribution in [1.29, 1.82) is 0 Å². The Labute approximate surface area is 180 Å². The maximum atomic E-state index is 11.0. The molecule has 0 heterocycles. The zero-order valence-corrected chi connectivity index (χ0v) is 19.5. The van der Waals surface area contributed by atoms with Crippen molar-refractivity contribution >= 4 is 5.97 Å². The number of hydrogen-bond acceptors (Lipinski definition) is 3. The first-order valence-corrected chi connectivity index (χ1v) is 12.5. The van der Waals surface area contributed by atoms with Gasteiger partial charge < -0.3 is 5.11 Å². The van der Waals surface area contributed by atoms with Crippen LogP contribution in [0.2, 0.25) is 0 Å². The van der Waals surface area contributed by atoms with E-state index in [2.05, 4.69) is 19.3 Å². The van der Waals surface area contributed by atoms with E-state index in [0.717, 1.165) is 25.7 Å². The Hall–Kier alpha value is -1.03. The first kappa shape index (κ1) is 28.0. The molecule has 4 nitrogen and oxygen atoms in total. The highest BCUT2D eigenvalue weighted by atomic mass is 16.6. The van der Waals surface area contributed by atoms with Crippen molar-refractivity contribution in [3.05, 3.63) is 11.8 Å². The molecule has 172 valence electrons. The molecule has 0 aromatic rings. The quantitative estimate of drug-likeness (QED) is 0.102. The summed E-state index contributed by atoms with van der Waals surface area (Å²) in [7, 11) is 0. The molecule has 4 heteroatoms. The molecule has 0 rings (SSSR count). The largest absolute Gasteiger partial charge is 0.478 e. The van der Waals surface area contributed by atoms with Crippen LogP contribution in [-0.4, -0.2) is 17.7 Å². The van der Waals surface area contributed by atoms with E-state index < -0.39 is 5.97 Å². The number of carboxylic acids is 1. The third-order valence-electron chi connectivity index (χ3n) is 5.40. The zero-order valence-electron chi connectivity index (χ0n) is 19.5. The monoisotopic (exact) mass is 411 g/mol. The third-order valence-corrected chi connectivity index (χ3v) is 5.40. The normalized spacial score (nSPS) is 11.7. The van der Waals surface area contributed by atoms with Gasteiger partial charge in [0.1, 0.15) is 0 Å². The number of carbonyl (C=O) groups is 1. The number of nitrogens with one attached hydrogen (secondary N) is 1. The number of rotatable bonds is 23. The van der Waals surface area contributed by atoms with Gasteiger partial charge in [-0.3, -0.25) is 10.3 Å². The van der Waals surface area contributed by atoms with Gasteiger partial charge in [-0.15, -0.1) is 0 Å². The second-order valence-electron chi connectivity index (χ2n) is 8.37. The van der Waals surface area contributed by atoms with E-state index in [0.29, 0.717) is 12.3 Å². The Bertz CT molecular complexity index is 382. The fourth-order valence-electron chi connectivity index (χ4n) is 3.56. The molecule has 0 aromatic heterocycles. The Morgan fingerprint density at radius 2 is 1.10 bits per heavy atom.